The molecule has 0 heterocycles. The molecule has 1 aromatic rings. The van der Waals surface area contributed by atoms with E-state index in [9.17, 15) is 0 Å². The molecule has 0 amide bonds. The van der Waals surface area contributed by atoms with E-state index in [1.807, 2.05) is 24.3 Å². The van der Waals surface area contributed by atoms with E-state index >= 15 is 0 Å². The molecule has 1 aromatic carbocycles. The largest absolute Gasteiger partial charge is 0.486 e. The van der Waals surface area contributed by atoms with Crippen molar-refractivity contribution >= 4 is 24.1 Å². The first kappa shape index (κ1) is 10.1. The monoisotopic (exact) mass is 197 g/mol. The maximum Gasteiger partial charge on any atom is 0.174 e. The zero-order chi connectivity index (χ0) is 9.52. The number of benzene rings is 1. The Balaban J connectivity index is 2.64. The van der Waals surface area contributed by atoms with Crippen molar-refractivity contribution in [2.24, 2.45) is 4.99 Å². The van der Waals surface area contributed by atoms with Crippen molar-refractivity contribution in [3.63, 3.8) is 0 Å². The van der Waals surface area contributed by atoms with Crippen molar-refractivity contribution in [1.29, 1.82) is 0 Å². The molecule has 0 saturated carbocycles. The molecule has 0 aromatic heterocycles. The minimum Gasteiger partial charge on any atom is -0.486 e. The molecule has 4 heteroatoms. The minimum atomic E-state index is 0.863. The summed E-state index contributed by atoms with van der Waals surface area (Å²) in [6.45, 7) is 0. The average molecular weight is 197 g/mol. The molecule has 0 radical (unpaired) electrons. The molecule has 0 aliphatic rings. The van der Waals surface area contributed by atoms with Gasteiger partial charge in [0.25, 0.3) is 0 Å². The van der Waals surface area contributed by atoms with Gasteiger partial charge >= 0.3 is 0 Å². The predicted octanol–water partition coefficient (Wildman–Crippen LogP) is 2.65. The molecule has 0 fully saturated rings. The summed E-state index contributed by atoms with van der Waals surface area (Å²) >= 11 is 1.32. The van der Waals surface area contributed by atoms with Gasteiger partial charge in [0.05, 0.1) is 19.9 Å². The third-order valence-corrected chi connectivity index (χ3v) is 1.95. The molecule has 3 nitrogen and oxygen atoms in total. The van der Waals surface area contributed by atoms with Crippen molar-refractivity contribution in [3.8, 4) is 0 Å². The summed E-state index contributed by atoms with van der Waals surface area (Å²) in [6.07, 6.45) is 1.40. The molecule has 0 bridgehead atoms. The molecule has 1 rings (SSSR count). The number of ether oxygens (including phenoxy) is 1. The number of nitrogens with zero attached hydrogens (tertiary/aromatic N) is 1. The number of aliphatic imine (C=N–C) groups is 1. The molecule has 13 heavy (non-hydrogen) atoms. The van der Waals surface area contributed by atoms with Crippen LogP contribution in [0, 0.1) is 0 Å². The van der Waals surface area contributed by atoms with Gasteiger partial charge in [-0.3, -0.25) is 0 Å². The van der Waals surface area contributed by atoms with Gasteiger partial charge in [-0.1, -0.05) is 0 Å². The molecule has 0 saturated heterocycles. The Bertz CT molecular complexity index is 271. The van der Waals surface area contributed by atoms with Crippen LogP contribution in [0.1, 0.15) is 0 Å². The van der Waals surface area contributed by atoms with Crippen molar-refractivity contribution in [2.45, 2.75) is 4.90 Å². The summed E-state index contributed by atoms with van der Waals surface area (Å²) in [7, 11) is 3.21. The van der Waals surface area contributed by atoms with E-state index in [4.69, 9.17) is 8.92 Å². The van der Waals surface area contributed by atoms with Crippen molar-refractivity contribution < 1.29 is 8.92 Å². The highest BCUT2D eigenvalue weighted by atomic mass is 32.2. The summed E-state index contributed by atoms with van der Waals surface area (Å²) in [5, 5.41) is 0. The maximum atomic E-state index is 4.90. The van der Waals surface area contributed by atoms with Gasteiger partial charge in [-0.15, -0.1) is 0 Å². The second kappa shape index (κ2) is 5.61. The Morgan fingerprint density at radius 2 is 1.92 bits per heavy atom. The van der Waals surface area contributed by atoms with Crippen LogP contribution >= 0.6 is 12.0 Å². The van der Waals surface area contributed by atoms with Crippen LogP contribution in [-0.4, -0.2) is 20.6 Å². The summed E-state index contributed by atoms with van der Waals surface area (Å²) in [5.74, 6) is 0. The first-order chi connectivity index (χ1) is 6.36. The Labute approximate surface area is 82.0 Å². The lowest BCUT2D eigenvalue weighted by molar-refractivity contribution is 0.423. The van der Waals surface area contributed by atoms with Gasteiger partial charge in [0, 0.05) is 16.9 Å². The van der Waals surface area contributed by atoms with Gasteiger partial charge in [-0.25, -0.2) is 4.99 Å². The van der Waals surface area contributed by atoms with Crippen LogP contribution in [0.3, 0.4) is 0 Å². The summed E-state index contributed by atoms with van der Waals surface area (Å²) in [5.41, 5.74) is 0.863. The zero-order valence-electron chi connectivity index (χ0n) is 7.56. The third kappa shape index (κ3) is 3.48. The van der Waals surface area contributed by atoms with Gasteiger partial charge in [-0.05, 0) is 24.3 Å². The highest BCUT2D eigenvalue weighted by molar-refractivity contribution is 7.94. The van der Waals surface area contributed by atoms with E-state index in [0.717, 1.165) is 10.6 Å². The van der Waals surface area contributed by atoms with Crippen molar-refractivity contribution in [3.05, 3.63) is 24.3 Å². The fourth-order valence-electron chi connectivity index (χ4n) is 0.798. The van der Waals surface area contributed by atoms with E-state index in [2.05, 4.69) is 4.99 Å². The zero-order valence-corrected chi connectivity index (χ0v) is 8.38. The van der Waals surface area contributed by atoms with Crippen LogP contribution in [0.15, 0.2) is 34.2 Å². The van der Waals surface area contributed by atoms with Gasteiger partial charge in [0.1, 0.15) is 0 Å². The number of hydrogen-bond acceptors (Lipinski definition) is 4. The smallest absolute Gasteiger partial charge is 0.174 e. The van der Waals surface area contributed by atoms with Gasteiger partial charge in [0.2, 0.25) is 0 Å². The minimum absolute atomic E-state index is 0.863. The maximum absolute atomic E-state index is 4.90. The van der Waals surface area contributed by atoms with Crippen LogP contribution in [0.2, 0.25) is 0 Å². The number of rotatable bonds is 4. The lowest BCUT2D eigenvalue weighted by Crippen LogP contribution is -1.75. The highest BCUT2D eigenvalue weighted by Gasteiger charge is 1.92. The van der Waals surface area contributed by atoms with E-state index in [0.29, 0.717) is 0 Å². The van der Waals surface area contributed by atoms with Crippen LogP contribution in [0.25, 0.3) is 0 Å². The summed E-state index contributed by atoms with van der Waals surface area (Å²) < 4.78 is 9.60. The Morgan fingerprint density at radius 3 is 2.46 bits per heavy atom. The van der Waals surface area contributed by atoms with Crippen molar-refractivity contribution in [1.82, 2.24) is 0 Å². The van der Waals surface area contributed by atoms with E-state index in [1.165, 1.54) is 18.4 Å². The van der Waals surface area contributed by atoms with Gasteiger partial charge in [-0.2, -0.15) is 0 Å². The van der Waals surface area contributed by atoms with Crippen LogP contribution in [0.4, 0.5) is 5.69 Å². The SMILES string of the molecule is COC=Nc1ccc(SOC)cc1. The third-order valence-electron chi connectivity index (χ3n) is 1.32. The van der Waals surface area contributed by atoms with E-state index in [-0.39, 0.29) is 0 Å². The molecular weight excluding hydrogens is 186 g/mol. The van der Waals surface area contributed by atoms with Crippen molar-refractivity contribution in [2.75, 3.05) is 14.2 Å². The lowest BCUT2D eigenvalue weighted by atomic mass is 10.3. The fourth-order valence-corrected chi connectivity index (χ4v) is 1.24. The van der Waals surface area contributed by atoms with Crippen LogP contribution in [0.5, 0.6) is 0 Å². The molecule has 0 N–H and O–H groups in total. The van der Waals surface area contributed by atoms with Gasteiger partial charge < -0.3 is 8.92 Å². The summed E-state index contributed by atoms with van der Waals surface area (Å²) in [4.78, 5) is 5.08. The molecular formula is C9H11NO2S. The van der Waals surface area contributed by atoms with Crippen LogP contribution < -0.4 is 0 Å². The lowest BCUT2D eigenvalue weighted by Gasteiger charge is -1.97. The topological polar surface area (TPSA) is 30.8 Å². The molecule has 0 atom stereocenters. The summed E-state index contributed by atoms with van der Waals surface area (Å²) in [6, 6.07) is 7.68. The first-order valence-electron chi connectivity index (χ1n) is 3.73. The standard InChI is InChI=1S/C9H11NO2S/c1-11-7-10-8-3-5-9(6-4-8)13-12-2/h3-7H,1-2H3. The fraction of sp³-hybridized carbons (Fsp3) is 0.222. The van der Waals surface area contributed by atoms with Gasteiger partial charge in [0.15, 0.2) is 6.40 Å². The van der Waals surface area contributed by atoms with E-state index in [1.54, 1.807) is 14.2 Å². The average Bonchev–Trinajstić information content (AvgIpc) is 2.17. The Morgan fingerprint density at radius 1 is 1.23 bits per heavy atom. The molecule has 70 valence electrons. The number of methoxy groups -OCH3 is 1. The second-order valence-electron chi connectivity index (χ2n) is 2.21. The first-order valence-corrected chi connectivity index (χ1v) is 4.47. The normalized spacial score (nSPS) is 10.6. The Kier molecular flexibility index (Phi) is 4.35. The highest BCUT2D eigenvalue weighted by Crippen LogP contribution is 2.21. The molecule has 0 aliphatic heterocycles. The molecule has 0 spiro atoms. The van der Waals surface area contributed by atoms with E-state index < -0.39 is 0 Å². The number of hydrogen-bond donors (Lipinski definition) is 0. The Hall–Kier alpha value is -1.00. The second-order valence-corrected chi connectivity index (χ2v) is 3.19. The molecule has 0 unspecified atom stereocenters. The predicted molar refractivity (Wildman–Crippen MR) is 54.5 cm³/mol. The van der Waals surface area contributed by atoms with Crippen LogP contribution in [-0.2, 0) is 8.92 Å². The molecule has 0 aliphatic carbocycles. The quantitative estimate of drug-likeness (QED) is 0.422.